The minimum absolute atomic E-state index is 0.134. The van der Waals surface area contributed by atoms with Gasteiger partial charge >= 0.3 is 0 Å². The number of carbonyl (C=O) groups is 1. The van der Waals surface area contributed by atoms with Gasteiger partial charge in [-0.1, -0.05) is 59.6 Å². The molecule has 1 unspecified atom stereocenters. The molecule has 2 aromatic carbocycles. The van der Waals surface area contributed by atoms with Crippen molar-refractivity contribution in [2.45, 2.75) is 57.4 Å². The third-order valence-corrected chi connectivity index (χ3v) is 11.7. The van der Waals surface area contributed by atoms with Gasteiger partial charge in [0.15, 0.2) is 5.78 Å². The van der Waals surface area contributed by atoms with Crippen LogP contribution in [-0.4, -0.2) is 67.5 Å². The van der Waals surface area contributed by atoms with Crippen LogP contribution in [0.2, 0.25) is 0 Å². The minimum Gasteiger partial charge on any atom is -0.506 e. The van der Waals surface area contributed by atoms with Crippen LogP contribution in [0.3, 0.4) is 0 Å². The van der Waals surface area contributed by atoms with E-state index in [4.69, 9.17) is 0 Å². The minimum atomic E-state index is -4.16. The summed E-state index contributed by atoms with van der Waals surface area (Å²) in [6, 6.07) is 11.2. The molecule has 0 aromatic heterocycles. The van der Waals surface area contributed by atoms with Crippen LogP contribution in [0.1, 0.15) is 51.7 Å². The number of carbonyl (C=O) groups excluding carboxylic acids is 1. The van der Waals surface area contributed by atoms with Crippen molar-refractivity contribution in [1.29, 1.82) is 0 Å². The van der Waals surface area contributed by atoms with Gasteiger partial charge in [-0.3, -0.25) is 13.9 Å². The molecule has 2 aliphatic heterocycles. The number of allylic oxidation sites excluding steroid dienone is 4. The van der Waals surface area contributed by atoms with Gasteiger partial charge < -0.3 is 14.9 Å². The first-order chi connectivity index (χ1) is 21.2. The highest BCUT2D eigenvalue weighted by Crippen LogP contribution is 2.51. The quantitative estimate of drug-likeness (QED) is 0.186. The first-order valence-electron chi connectivity index (χ1n) is 14.7. The molecule has 0 fully saturated rings. The second-order valence-electron chi connectivity index (χ2n) is 12.9. The van der Waals surface area contributed by atoms with Crippen LogP contribution in [0.15, 0.2) is 80.1 Å². The number of benzene rings is 2. The lowest BCUT2D eigenvalue weighted by Crippen LogP contribution is -2.42. The maximum atomic E-state index is 13.7. The molecule has 0 radical (unpaired) electrons. The SMILES string of the molecule is CC1(C)/C(=C\C2=C(O)C(=CC3N(CCCS(=O)(=O)O)c4ccc(Br)cc4C3(C)C)C2=O)N(CCCS(=O)(=O)O)c2ccc(Br)cc21. The zero-order valence-corrected chi connectivity index (χ0v) is 30.6. The van der Waals surface area contributed by atoms with Crippen molar-refractivity contribution in [3.05, 3.63) is 91.2 Å². The number of halogens is 2. The van der Waals surface area contributed by atoms with Crippen molar-refractivity contribution in [3.8, 4) is 0 Å². The maximum absolute atomic E-state index is 13.7. The average Bonchev–Trinajstić information content (AvgIpc) is 3.26. The molecule has 0 bridgehead atoms. The number of nitrogens with zero attached hydrogens (tertiary/aromatic N) is 2. The van der Waals surface area contributed by atoms with E-state index >= 15 is 0 Å². The Morgan fingerprint density at radius 1 is 0.848 bits per heavy atom. The van der Waals surface area contributed by atoms with E-state index in [1.807, 2.05) is 73.9 Å². The Kier molecular flexibility index (Phi) is 9.23. The van der Waals surface area contributed by atoms with Gasteiger partial charge in [-0.25, -0.2) is 0 Å². The summed E-state index contributed by atoms with van der Waals surface area (Å²) in [6.45, 7) is 8.59. The van der Waals surface area contributed by atoms with E-state index < -0.39 is 48.6 Å². The molecule has 1 atom stereocenters. The fourth-order valence-electron chi connectivity index (χ4n) is 6.73. The highest BCUT2D eigenvalue weighted by Gasteiger charge is 2.46. The molecule has 3 N–H and O–H groups in total. The van der Waals surface area contributed by atoms with Crippen LogP contribution in [0.4, 0.5) is 11.4 Å². The fourth-order valence-corrected chi connectivity index (χ4v) is 8.44. The van der Waals surface area contributed by atoms with E-state index in [1.54, 1.807) is 12.2 Å². The smallest absolute Gasteiger partial charge is 0.264 e. The molecule has 2 aromatic rings. The first kappa shape index (κ1) is 34.8. The molecule has 2 heterocycles. The van der Waals surface area contributed by atoms with Crippen LogP contribution in [0, 0.1) is 0 Å². The summed E-state index contributed by atoms with van der Waals surface area (Å²) in [4.78, 5) is 17.6. The van der Waals surface area contributed by atoms with Crippen LogP contribution >= 0.6 is 31.9 Å². The van der Waals surface area contributed by atoms with Crippen molar-refractivity contribution in [1.82, 2.24) is 0 Å². The van der Waals surface area contributed by atoms with Gasteiger partial charge in [-0.05, 0) is 72.5 Å². The summed E-state index contributed by atoms with van der Waals surface area (Å²) in [7, 11) is -8.32. The largest absolute Gasteiger partial charge is 0.506 e. The summed E-state index contributed by atoms with van der Waals surface area (Å²) >= 11 is 7.05. The number of aliphatic hydroxyl groups excluding tert-OH is 1. The Labute approximate surface area is 286 Å². The number of anilines is 2. The molecule has 248 valence electrons. The van der Waals surface area contributed by atoms with Crippen LogP contribution in [0.5, 0.6) is 0 Å². The lowest BCUT2D eigenvalue weighted by atomic mass is 9.76. The average molecular weight is 801 g/mol. The molecule has 0 saturated heterocycles. The highest BCUT2D eigenvalue weighted by molar-refractivity contribution is 9.10. The molecular formula is C32H36Br2N2O8S2. The van der Waals surface area contributed by atoms with E-state index in [0.29, 0.717) is 12.2 Å². The van der Waals surface area contributed by atoms with Gasteiger partial charge in [-0.15, -0.1) is 0 Å². The van der Waals surface area contributed by atoms with Gasteiger partial charge in [-0.2, -0.15) is 16.8 Å². The molecule has 10 nitrogen and oxygen atoms in total. The van der Waals surface area contributed by atoms with Crippen molar-refractivity contribution in [2.24, 2.45) is 0 Å². The third kappa shape index (κ3) is 6.61. The predicted molar refractivity (Wildman–Crippen MR) is 186 cm³/mol. The number of fused-ring (bicyclic) bond motifs is 2. The molecule has 0 spiro atoms. The van der Waals surface area contributed by atoms with Crippen molar-refractivity contribution in [2.75, 3.05) is 34.4 Å². The molecule has 0 saturated carbocycles. The first-order valence-corrected chi connectivity index (χ1v) is 19.5. The van der Waals surface area contributed by atoms with Gasteiger partial charge in [0, 0.05) is 49.9 Å². The van der Waals surface area contributed by atoms with Crippen LogP contribution in [-0.2, 0) is 35.9 Å². The van der Waals surface area contributed by atoms with Gasteiger partial charge in [0.2, 0.25) is 0 Å². The highest BCUT2D eigenvalue weighted by atomic mass is 79.9. The summed E-state index contributed by atoms with van der Waals surface area (Å²) in [6.07, 6.45) is 3.70. The number of rotatable bonds is 10. The summed E-state index contributed by atoms with van der Waals surface area (Å²) in [5, 5.41) is 11.3. The topological polar surface area (TPSA) is 153 Å². The Bertz CT molecular complexity index is 1930. The van der Waals surface area contributed by atoms with Gasteiger partial charge in [0.05, 0.1) is 28.7 Å². The Balaban J connectivity index is 1.52. The summed E-state index contributed by atoms with van der Waals surface area (Å²) in [5.41, 5.74) is 3.54. The van der Waals surface area contributed by atoms with Gasteiger partial charge in [0.1, 0.15) is 5.76 Å². The summed E-state index contributed by atoms with van der Waals surface area (Å²) < 4.78 is 66.1. The number of aliphatic hydroxyl groups is 1. The number of hydrogen-bond donors (Lipinski definition) is 3. The lowest BCUT2D eigenvalue weighted by Gasteiger charge is -2.34. The molecule has 0 amide bonds. The summed E-state index contributed by atoms with van der Waals surface area (Å²) in [5.74, 6) is -1.33. The molecule has 46 heavy (non-hydrogen) atoms. The molecule has 14 heteroatoms. The molecule has 3 aliphatic rings. The van der Waals surface area contributed by atoms with Crippen molar-refractivity contribution < 1.29 is 35.8 Å². The number of Topliss-reactive ketones (excluding diaryl/α,β-unsaturated/α-hetero) is 1. The van der Waals surface area contributed by atoms with E-state index in [0.717, 1.165) is 31.4 Å². The second kappa shape index (κ2) is 12.2. The Morgan fingerprint density at radius 2 is 1.39 bits per heavy atom. The van der Waals surface area contributed by atoms with E-state index in [-0.39, 0.29) is 42.1 Å². The number of hydrogen-bond acceptors (Lipinski definition) is 8. The second-order valence-corrected chi connectivity index (χ2v) is 17.9. The van der Waals surface area contributed by atoms with Crippen molar-refractivity contribution >= 4 is 69.3 Å². The zero-order chi connectivity index (χ0) is 34.0. The monoisotopic (exact) mass is 798 g/mol. The standard InChI is InChI=1S/C32H36Br2N2O8S2/c1-31(2)23-15-19(33)7-9-25(23)35(11-5-13-45(39,40)41)27(31)17-21-29(37)22(30(21)38)18-28-32(3,4)24-16-20(34)8-10-26(24)36(28)12-6-14-46(42,43)44/h7-10,15-18,27,37H,5-6,11-14H2,1-4H3,(H,39,40,41)(H,42,43,44)/b21-17?,28-18+. The molecular weight excluding hydrogens is 764 g/mol. The Morgan fingerprint density at radius 3 is 1.96 bits per heavy atom. The predicted octanol–water partition coefficient (Wildman–Crippen LogP) is 6.24. The van der Waals surface area contributed by atoms with Crippen LogP contribution < -0.4 is 9.80 Å². The van der Waals surface area contributed by atoms with Crippen molar-refractivity contribution in [3.63, 3.8) is 0 Å². The van der Waals surface area contributed by atoms with E-state index in [9.17, 15) is 35.8 Å². The number of ketones is 1. The van der Waals surface area contributed by atoms with Gasteiger partial charge in [0.25, 0.3) is 20.2 Å². The zero-order valence-electron chi connectivity index (χ0n) is 25.8. The fraction of sp³-hybridized carbons (Fsp3) is 0.406. The normalized spacial score (nSPS) is 22.1. The van der Waals surface area contributed by atoms with E-state index in [2.05, 4.69) is 31.9 Å². The molecule has 5 rings (SSSR count). The Hall–Kier alpha value is -2.49. The van der Waals surface area contributed by atoms with E-state index in [1.165, 1.54) is 0 Å². The maximum Gasteiger partial charge on any atom is 0.264 e. The lowest BCUT2D eigenvalue weighted by molar-refractivity contribution is -0.113. The van der Waals surface area contributed by atoms with Crippen LogP contribution in [0.25, 0.3) is 0 Å². The molecule has 1 aliphatic carbocycles. The third-order valence-electron chi connectivity index (χ3n) is 9.08.